The zero-order valence-corrected chi connectivity index (χ0v) is 30.0. The van der Waals surface area contributed by atoms with Crippen LogP contribution < -0.4 is 18.9 Å². The van der Waals surface area contributed by atoms with Crippen LogP contribution >= 0.6 is 55.4 Å². The second-order valence-electron chi connectivity index (χ2n) is 7.38. The van der Waals surface area contributed by atoms with E-state index in [-0.39, 0.29) is 29.7 Å². The number of alkyl halides is 2. The first-order valence-electron chi connectivity index (χ1n) is 11.7. The van der Waals surface area contributed by atoms with Gasteiger partial charge in [0.25, 0.3) is 0 Å². The molecule has 0 spiro atoms. The van der Waals surface area contributed by atoms with Crippen molar-refractivity contribution in [1.82, 2.24) is 0 Å². The van der Waals surface area contributed by atoms with E-state index in [1.165, 1.54) is 23.7 Å². The van der Waals surface area contributed by atoms with E-state index in [0.717, 1.165) is 27.7 Å². The smallest absolute Gasteiger partial charge is 0.372 e. The van der Waals surface area contributed by atoms with Gasteiger partial charge in [-0.15, -0.1) is 11.8 Å². The third-order valence-electron chi connectivity index (χ3n) is 4.00. The fourth-order valence-corrected chi connectivity index (χ4v) is 6.44. The average molecular weight is 727 g/mol. The van der Waals surface area contributed by atoms with Crippen molar-refractivity contribution < 1.29 is 36.8 Å². The monoisotopic (exact) mass is 724 g/mol. The summed E-state index contributed by atoms with van der Waals surface area (Å²) in [6, 6.07) is 20.1. The molecule has 0 bridgehead atoms. The van der Waals surface area contributed by atoms with Gasteiger partial charge in [-0.05, 0) is 23.6 Å². The van der Waals surface area contributed by atoms with Crippen LogP contribution in [-0.2, 0) is 44.3 Å². The molecule has 2 aromatic carbocycles. The second kappa shape index (κ2) is 32.4. The first kappa shape index (κ1) is 43.4. The molecule has 0 saturated heterocycles. The molecule has 2 aromatic rings. The summed E-state index contributed by atoms with van der Waals surface area (Å²) >= 11 is 9.87. The number of thioether (sulfide) groups is 2. The van der Waals surface area contributed by atoms with Crippen molar-refractivity contribution in [3.63, 3.8) is 0 Å². The molecule has 3 atom stereocenters. The van der Waals surface area contributed by atoms with Crippen molar-refractivity contribution >= 4 is 77.0 Å². The normalized spacial score (nSPS) is 12.2. The Bertz CT molecular complexity index is 787. The first-order chi connectivity index (χ1) is 17.8. The first-order valence-corrected chi connectivity index (χ1v) is 19.9. The van der Waals surface area contributed by atoms with Crippen molar-refractivity contribution in [2.45, 2.75) is 43.9 Å². The van der Waals surface area contributed by atoms with E-state index < -0.39 is 21.6 Å². The van der Waals surface area contributed by atoms with Crippen molar-refractivity contribution in [2.75, 3.05) is 40.8 Å². The van der Waals surface area contributed by atoms with Gasteiger partial charge in [0.05, 0.1) is 35.2 Å². The van der Waals surface area contributed by atoms with Gasteiger partial charge in [-0.1, -0.05) is 106 Å². The Morgan fingerprint density at radius 3 is 1.55 bits per heavy atom. The third kappa shape index (κ3) is 28.4. The minimum absolute atomic E-state index is 0. The molecule has 0 saturated carbocycles. The van der Waals surface area contributed by atoms with Gasteiger partial charge in [-0.2, -0.15) is 18.2 Å². The quantitative estimate of drug-likeness (QED) is 0.127. The minimum atomic E-state index is -0.936. The van der Waals surface area contributed by atoms with Crippen LogP contribution in [0.2, 0.25) is 0 Å². The Kier molecular flexibility index (Phi) is 37.0. The number of hydrogen-bond acceptors (Lipinski definition) is 6. The standard InChI is InChI=1S/C10H12Br2O.C10H14O2S2.C4H9.C3H8OS2.Li/c11-6-10(7-12)13-8-9-4-2-1-3-5-9;1-13-10(14(2)11)12-8-9-6-4-3-5-7-9;1-3-4-2;1-5-3-6(2)4;/h1-5,10H,6-8H2;3-7,10H,8H2,1-2H3;1,3-4H2,2H3;3H2,1-2H3;/q;;-1;;+1. The van der Waals surface area contributed by atoms with Crippen LogP contribution in [0.1, 0.15) is 30.9 Å². The number of hydrogen-bond donors (Lipinski definition) is 0. The Hall–Kier alpha value is 0.917. The molecule has 0 N–H and O–H groups in total. The third-order valence-corrected chi connectivity index (χ3v) is 10.3. The Labute approximate surface area is 274 Å². The van der Waals surface area contributed by atoms with E-state index in [2.05, 4.69) is 57.8 Å². The number of benzene rings is 2. The molecule has 0 aliphatic heterocycles. The Morgan fingerprint density at radius 1 is 0.868 bits per heavy atom. The molecule has 0 aliphatic rings. The Balaban J connectivity index is -0.000000472. The SMILES string of the molecule is BrCC(CBr)OCc1ccccc1.CSC(OCc1ccccc1)S(C)=O.CSCS(C)=O.[CH2-]CCC.[Li+]. The van der Waals surface area contributed by atoms with E-state index in [0.29, 0.717) is 13.2 Å². The molecule has 2 rings (SSSR count). The topological polar surface area (TPSA) is 52.6 Å². The molecule has 4 nitrogen and oxygen atoms in total. The molecular weight excluding hydrogens is 683 g/mol. The van der Waals surface area contributed by atoms with Crippen LogP contribution in [0.4, 0.5) is 0 Å². The summed E-state index contributed by atoms with van der Waals surface area (Å²) in [7, 11) is -1.54. The summed E-state index contributed by atoms with van der Waals surface area (Å²) in [6.07, 6.45) is 9.74. The van der Waals surface area contributed by atoms with E-state index in [4.69, 9.17) is 9.47 Å². The maximum absolute atomic E-state index is 11.2. The minimum Gasteiger partial charge on any atom is -0.372 e. The Morgan fingerprint density at radius 2 is 1.29 bits per heavy atom. The molecule has 38 heavy (non-hydrogen) atoms. The van der Waals surface area contributed by atoms with E-state index in [9.17, 15) is 8.42 Å². The predicted molar refractivity (Wildman–Crippen MR) is 178 cm³/mol. The summed E-state index contributed by atoms with van der Waals surface area (Å²) in [4.78, 5) is 0. The van der Waals surface area contributed by atoms with Gasteiger partial charge < -0.3 is 16.4 Å². The molecule has 0 heterocycles. The molecule has 3 unspecified atom stereocenters. The largest absolute Gasteiger partial charge is 1.00 e. The molecular formula is C27H43Br2LiO4S4. The molecule has 0 radical (unpaired) electrons. The number of ether oxygens (including phenoxy) is 2. The fourth-order valence-electron chi connectivity index (χ4n) is 2.12. The van der Waals surface area contributed by atoms with Crippen molar-refractivity contribution in [2.24, 2.45) is 0 Å². The zero-order valence-electron chi connectivity index (χ0n) is 23.6. The summed E-state index contributed by atoms with van der Waals surface area (Å²) in [5.74, 6) is 0. The van der Waals surface area contributed by atoms with Gasteiger partial charge >= 0.3 is 18.9 Å². The predicted octanol–water partition coefficient (Wildman–Crippen LogP) is 4.90. The van der Waals surface area contributed by atoms with Gasteiger partial charge in [0, 0.05) is 34.0 Å². The summed E-state index contributed by atoms with van der Waals surface area (Å²) in [5.41, 5.74) is 2.33. The van der Waals surface area contributed by atoms with Crippen LogP contribution in [0.15, 0.2) is 60.7 Å². The van der Waals surface area contributed by atoms with Crippen LogP contribution in [-0.4, -0.2) is 60.1 Å². The maximum Gasteiger partial charge on any atom is 1.00 e. The van der Waals surface area contributed by atoms with Gasteiger partial charge in [-0.25, -0.2) is 0 Å². The van der Waals surface area contributed by atoms with E-state index in [1.807, 2.05) is 61.0 Å². The number of halogens is 2. The zero-order chi connectivity index (χ0) is 28.3. The maximum atomic E-state index is 11.2. The van der Waals surface area contributed by atoms with Crippen molar-refractivity contribution in [3.05, 3.63) is 78.7 Å². The summed E-state index contributed by atoms with van der Waals surface area (Å²) in [6.45, 7) is 6.93. The molecule has 0 aliphatic carbocycles. The van der Waals surface area contributed by atoms with Crippen molar-refractivity contribution in [3.8, 4) is 0 Å². The number of unbranched alkanes of at least 4 members (excludes halogenated alkanes) is 1. The van der Waals surface area contributed by atoms with Gasteiger partial charge in [0.2, 0.25) is 0 Å². The molecule has 11 heteroatoms. The van der Waals surface area contributed by atoms with Crippen LogP contribution in [0.3, 0.4) is 0 Å². The number of rotatable bonds is 13. The molecule has 0 amide bonds. The molecule has 214 valence electrons. The van der Waals surface area contributed by atoms with Crippen molar-refractivity contribution in [1.29, 1.82) is 0 Å². The average Bonchev–Trinajstić information content (AvgIpc) is 2.91. The van der Waals surface area contributed by atoms with Gasteiger partial charge in [-0.3, -0.25) is 8.42 Å². The van der Waals surface area contributed by atoms with E-state index in [1.54, 1.807) is 24.3 Å². The molecule has 0 aromatic heterocycles. The van der Waals surface area contributed by atoms with Gasteiger partial charge in [0.15, 0.2) is 4.77 Å². The summed E-state index contributed by atoms with van der Waals surface area (Å²) < 4.78 is 32.2. The molecule has 0 fully saturated rings. The summed E-state index contributed by atoms with van der Waals surface area (Å²) in [5, 5.41) is 2.50. The fraction of sp³-hybridized carbons (Fsp3) is 0.519. The van der Waals surface area contributed by atoms with Crippen LogP contribution in [0.25, 0.3) is 0 Å². The second-order valence-corrected chi connectivity index (χ2v) is 14.0. The van der Waals surface area contributed by atoms with Crippen LogP contribution in [0, 0.1) is 6.92 Å². The van der Waals surface area contributed by atoms with Gasteiger partial charge in [0.1, 0.15) is 0 Å². The van der Waals surface area contributed by atoms with E-state index >= 15 is 0 Å². The van der Waals surface area contributed by atoms with Crippen LogP contribution in [0.5, 0.6) is 0 Å².